The van der Waals surface area contributed by atoms with Crippen molar-refractivity contribution in [3.63, 3.8) is 0 Å². The second-order valence-corrected chi connectivity index (χ2v) is 2.29. The first kappa shape index (κ1) is 7.79. The van der Waals surface area contributed by atoms with E-state index in [9.17, 15) is 0 Å². The summed E-state index contributed by atoms with van der Waals surface area (Å²) in [6.07, 6.45) is 3.09. The Hall–Kier alpha value is -1.31. The fraction of sp³-hybridized carbons (Fsp3) is 0.222. The molecule has 0 atom stereocenters. The molecule has 2 heteroatoms. The monoisotopic (exact) mass is 147 g/mol. The van der Waals surface area contributed by atoms with Crippen molar-refractivity contribution in [2.24, 2.45) is 0 Å². The summed E-state index contributed by atoms with van der Waals surface area (Å²) in [5, 5.41) is 9.32. The Morgan fingerprint density at radius 2 is 2.00 bits per heavy atom. The van der Waals surface area contributed by atoms with Gasteiger partial charge in [0.15, 0.2) is 6.34 Å². The molecule has 0 aliphatic carbocycles. The van der Waals surface area contributed by atoms with Gasteiger partial charge in [-0.15, -0.1) is 0 Å². The van der Waals surface area contributed by atoms with Gasteiger partial charge in [-0.3, -0.25) is 5.41 Å². The topological polar surface area (TPSA) is 35.9 Å². The van der Waals surface area contributed by atoms with Crippen LogP contribution in [-0.2, 0) is 6.42 Å². The Kier molecular flexibility index (Phi) is 3.19. The number of hydrogen-bond donors (Lipinski definition) is 2. The molecule has 0 amide bonds. The summed E-state index contributed by atoms with van der Waals surface area (Å²) in [6.45, 7) is 0.785. The lowest BCUT2D eigenvalue weighted by molar-refractivity contribution is 0.875. The van der Waals surface area contributed by atoms with E-state index in [0.717, 1.165) is 13.0 Å². The predicted octanol–water partition coefficient (Wildman–Crippen LogP) is 1.30. The summed E-state index contributed by atoms with van der Waals surface area (Å²) >= 11 is 0. The number of rotatable bonds is 4. The Morgan fingerprint density at radius 1 is 1.27 bits per heavy atom. The SMILES string of the molecule is N=[C]NCCc1ccccc1. The lowest BCUT2D eigenvalue weighted by Gasteiger charge is -1.98. The van der Waals surface area contributed by atoms with E-state index in [-0.39, 0.29) is 0 Å². The minimum atomic E-state index is 0.785. The van der Waals surface area contributed by atoms with Crippen molar-refractivity contribution in [3.05, 3.63) is 35.9 Å². The number of nitrogens with one attached hydrogen (secondary N) is 2. The van der Waals surface area contributed by atoms with Crippen LogP contribution in [0.5, 0.6) is 0 Å². The average molecular weight is 147 g/mol. The average Bonchev–Trinajstić information content (AvgIpc) is 2.07. The molecule has 0 heterocycles. The van der Waals surface area contributed by atoms with Gasteiger partial charge in [-0.25, -0.2) is 0 Å². The van der Waals surface area contributed by atoms with Crippen molar-refractivity contribution in [3.8, 4) is 0 Å². The molecule has 2 N–H and O–H groups in total. The second-order valence-electron chi connectivity index (χ2n) is 2.29. The van der Waals surface area contributed by atoms with Gasteiger partial charge < -0.3 is 5.32 Å². The fourth-order valence-corrected chi connectivity index (χ4v) is 0.914. The van der Waals surface area contributed by atoms with E-state index in [0.29, 0.717) is 0 Å². The lowest BCUT2D eigenvalue weighted by atomic mass is 10.2. The van der Waals surface area contributed by atoms with E-state index in [2.05, 4.69) is 23.8 Å². The molecule has 0 aromatic heterocycles. The smallest absolute Gasteiger partial charge is 0.161 e. The van der Waals surface area contributed by atoms with Crippen LogP contribution in [0.15, 0.2) is 30.3 Å². The highest BCUT2D eigenvalue weighted by Crippen LogP contribution is 1.97. The van der Waals surface area contributed by atoms with Gasteiger partial charge in [0.25, 0.3) is 0 Å². The summed E-state index contributed by atoms with van der Waals surface area (Å²) in [6, 6.07) is 10.2. The van der Waals surface area contributed by atoms with E-state index in [1.807, 2.05) is 18.2 Å². The molecule has 0 unspecified atom stereocenters. The zero-order valence-electron chi connectivity index (χ0n) is 6.30. The number of benzene rings is 1. The molecule has 0 bridgehead atoms. The minimum Gasteiger partial charge on any atom is -0.367 e. The Labute approximate surface area is 66.8 Å². The zero-order valence-corrected chi connectivity index (χ0v) is 6.30. The predicted molar refractivity (Wildman–Crippen MR) is 45.9 cm³/mol. The minimum absolute atomic E-state index is 0.785. The van der Waals surface area contributed by atoms with Gasteiger partial charge in [-0.2, -0.15) is 0 Å². The van der Waals surface area contributed by atoms with Crippen LogP contribution < -0.4 is 5.32 Å². The molecule has 0 saturated heterocycles. The molecule has 57 valence electrons. The van der Waals surface area contributed by atoms with E-state index >= 15 is 0 Å². The van der Waals surface area contributed by atoms with Crippen molar-refractivity contribution in [2.75, 3.05) is 6.54 Å². The van der Waals surface area contributed by atoms with Crippen LogP contribution >= 0.6 is 0 Å². The quantitative estimate of drug-likeness (QED) is 0.286. The highest BCUT2D eigenvalue weighted by atomic mass is 14.9. The molecule has 0 aliphatic rings. The van der Waals surface area contributed by atoms with E-state index in [1.165, 1.54) is 5.56 Å². The summed E-state index contributed by atoms with van der Waals surface area (Å²) < 4.78 is 0. The lowest BCUT2D eigenvalue weighted by Crippen LogP contribution is -2.13. The zero-order chi connectivity index (χ0) is 7.94. The van der Waals surface area contributed by atoms with Gasteiger partial charge in [-0.1, -0.05) is 30.3 Å². The molecule has 1 radical (unpaired) electrons. The summed E-state index contributed by atoms with van der Waals surface area (Å²) in [5.74, 6) is 0. The molecule has 0 saturated carbocycles. The van der Waals surface area contributed by atoms with Crippen molar-refractivity contribution in [1.82, 2.24) is 5.32 Å². The molecule has 1 aromatic carbocycles. The molecule has 1 rings (SSSR count). The van der Waals surface area contributed by atoms with Gasteiger partial charge >= 0.3 is 0 Å². The van der Waals surface area contributed by atoms with Crippen molar-refractivity contribution in [1.29, 1.82) is 5.41 Å². The molecule has 11 heavy (non-hydrogen) atoms. The molecular formula is C9H11N2. The molecule has 0 spiro atoms. The maximum absolute atomic E-state index is 6.61. The maximum atomic E-state index is 6.61. The molecule has 2 nitrogen and oxygen atoms in total. The van der Waals surface area contributed by atoms with Gasteiger partial charge in [-0.05, 0) is 12.0 Å². The van der Waals surface area contributed by atoms with Crippen LogP contribution in [0.25, 0.3) is 0 Å². The Balaban J connectivity index is 2.33. The van der Waals surface area contributed by atoms with Crippen molar-refractivity contribution < 1.29 is 0 Å². The van der Waals surface area contributed by atoms with Crippen molar-refractivity contribution in [2.45, 2.75) is 6.42 Å². The summed E-state index contributed by atoms with van der Waals surface area (Å²) in [7, 11) is 0. The number of hydrogen-bond acceptors (Lipinski definition) is 1. The second kappa shape index (κ2) is 4.50. The Morgan fingerprint density at radius 3 is 2.64 bits per heavy atom. The van der Waals surface area contributed by atoms with Gasteiger partial charge in [0.1, 0.15) is 0 Å². The molecular weight excluding hydrogens is 136 g/mol. The van der Waals surface area contributed by atoms with Crippen LogP contribution in [0.4, 0.5) is 0 Å². The summed E-state index contributed by atoms with van der Waals surface area (Å²) in [4.78, 5) is 0. The van der Waals surface area contributed by atoms with Gasteiger partial charge in [0, 0.05) is 6.54 Å². The maximum Gasteiger partial charge on any atom is 0.161 e. The highest BCUT2D eigenvalue weighted by molar-refractivity contribution is 5.49. The van der Waals surface area contributed by atoms with E-state index in [1.54, 1.807) is 0 Å². The van der Waals surface area contributed by atoms with E-state index < -0.39 is 0 Å². The van der Waals surface area contributed by atoms with Gasteiger partial charge in [0.2, 0.25) is 0 Å². The first-order valence-corrected chi connectivity index (χ1v) is 3.62. The highest BCUT2D eigenvalue weighted by Gasteiger charge is 1.87. The third kappa shape index (κ3) is 2.85. The standard InChI is InChI=1S/C9H11N2/c10-8-11-7-6-9-4-2-1-3-5-9/h1-5H,6-7H2,(H2,10,11). The molecule has 1 aromatic rings. The largest absolute Gasteiger partial charge is 0.367 e. The van der Waals surface area contributed by atoms with E-state index in [4.69, 9.17) is 5.41 Å². The van der Waals surface area contributed by atoms with Crippen LogP contribution in [0.2, 0.25) is 0 Å². The fourth-order valence-electron chi connectivity index (χ4n) is 0.914. The van der Waals surface area contributed by atoms with Crippen molar-refractivity contribution >= 4 is 6.34 Å². The first-order valence-electron chi connectivity index (χ1n) is 3.62. The van der Waals surface area contributed by atoms with Crippen LogP contribution in [-0.4, -0.2) is 12.9 Å². The summed E-state index contributed by atoms with van der Waals surface area (Å²) in [5.41, 5.74) is 1.29. The molecule has 0 aliphatic heterocycles. The van der Waals surface area contributed by atoms with Gasteiger partial charge in [0.05, 0.1) is 0 Å². The van der Waals surface area contributed by atoms with Crippen LogP contribution in [0, 0.1) is 5.41 Å². The normalized spacial score (nSPS) is 9.09. The Bertz CT molecular complexity index is 206. The third-order valence-electron chi connectivity index (χ3n) is 1.47. The molecule has 0 fully saturated rings. The van der Waals surface area contributed by atoms with Crippen LogP contribution in [0.3, 0.4) is 0 Å². The van der Waals surface area contributed by atoms with Crippen LogP contribution in [0.1, 0.15) is 5.56 Å². The third-order valence-corrected chi connectivity index (χ3v) is 1.47. The first-order chi connectivity index (χ1) is 5.43.